The summed E-state index contributed by atoms with van der Waals surface area (Å²) in [5.74, 6) is -1.46. The molecule has 0 radical (unpaired) electrons. The SMILES string of the molecule is CN(Cc1cccc(F)c1)C(=O)CC(O)(c1nc2ccccc2s1)C(F)(F)F. The highest BCUT2D eigenvalue weighted by molar-refractivity contribution is 7.18. The largest absolute Gasteiger partial charge is 0.424 e. The molecule has 0 bridgehead atoms. The normalized spacial score (nSPS) is 14.1. The zero-order valence-electron chi connectivity index (χ0n) is 14.7. The van der Waals surface area contributed by atoms with Gasteiger partial charge in [0.15, 0.2) is 0 Å². The predicted molar refractivity (Wildman–Crippen MR) is 97.1 cm³/mol. The molecule has 3 rings (SSSR count). The summed E-state index contributed by atoms with van der Waals surface area (Å²) in [6, 6.07) is 11.8. The molecule has 1 amide bonds. The number of thiazole rings is 1. The molecule has 1 atom stereocenters. The molecule has 1 aromatic heterocycles. The highest BCUT2D eigenvalue weighted by Gasteiger charge is 2.58. The monoisotopic (exact) mass is 412 g/mol. The van der Waals surface area contributed by atoms with E-state index in [-0.39, 0.29) is 6.54 Å². The first kappa shape index (κ1) is 20.2. The van der Waals surface area contributed by atoms with E-state index in [0.717, 1.165) is 4.90 Å². The van der Waals surface area contributed by atoms with Crippen LogP contribution in [0.15, 0.2) is 48.5 Å². The summed E-state index contributed by atoms with van der Waals surface area (Å²) in [6.07, 6.45) is -6.32. The molecule has 28 heavy (non-hydrogen) atoms. The quantitative estimate of drug-likeness (QED) is 0.638. The van der Waals surface area contributed by atoms with Crippen LogP contribution in [0, 0.1) is 5.82 Å². The summed E-state index contributed by atoms with van der Waals surface area (Å²) in [6.45, 7) is -0.0929. The van der Waals surface area contributed by atoms with Crippen molar-refractivity contribution in [1.82, 2.24) is 9.88 Å². The molecule has 1 unspecified atom stereocenters. The van der Waals surface area contributed by atoms with Crippen molar-refractivity contribution in [3.8, 4) is 0 Å². The number of aromatic nitrogens is 1. The zero-order valence-corrected chi connectivity index (χ0v) is 15.5. The maximum Gasteiger partial charge on any atom is 0.424 e. The molecule has 4 nitrogen and oxygen atoms in total. The molecule has 0 fully saturated rings. The Morgan fingerprint density at radius 1 is 1.18 bits per heavy atom. The van der Waals surface area contributed by atoms with Crippen molar-refractivity contribution in [1.29, 1.82) is 0 Å². The molecule has 0 saturated carbocycles. The third-order valence-electron chi connectivity index (χ3n) is 4.26. The molecular formula is C19H16F4N2O2S. The van der Waals surface area contributed by atoms with Crippen LogP contribution in [0.5, 0.6) is 0 Å². The maximum absolute atomic E-state index is 13.7. The van der Waals surface area contributed by atoms with Crippen molar-refractivity contribution in [2.75, 3.05) is 7.05 Å². The number of hydrogen-bond acceptors (Lipinski definition) is 4. The topological polar surface area (TPSA) is 53.4 Å². The van der Waals surface area contributed by atoms with Crippen LogP contribution in [0.4, 0.5) is 17.6 Å². The van der Waals surface area contributed by atoms with Crippen LogP contribution in [0.25, 0.3) is 10.2 Å². The van der Waals surface area contributed by atoms with E-state index in [9.17, 15) is 27.5 Å². The number of aliphatic hydroxyl groups is 1. The number of halogens is 4. The standard InChI is InChI=1S/C19H16F4N2O2S/c1-25(11-12-5-4-6-13(20)9-12)16(26)10-18(27,19(21,22)23)17-24-14-7-2-3-8-15(14)28-17/h2-9,27H,10-11H2,1H3. The van der Waals surface area contributed by atoms with E-state index in [1.54, 1.807) is 24.3 Å². The lowest BCUT2D eigenvalue weighted by Crippen LogP contribution is -2.46. The van der Waals surface area contributed by atoms with Gasteiger partial charge in [-0.1, -0.05) is 24.3 Å². The summed E-state index contributed by atoms with van der Waals surface area (Å²) in [4.78, 5) is 17.3. The van der Waals surface area contributed by atoms with Gasteiger partial charge in [0.2, 0.25) is 11.5 Å². The van der Waals surface area contributed by atoms with Crippen LogP contribution in [-0.2, 0) is 16.9 Å². The summed E-state index contributed by atoms with van der Waals surface area (Å²) in [5, 5.41) is 9.88. The third-order valence-corrected chi connectivity index (χ3v) is 5.45. The minimum atomic E-state index is -5.10. The Kier molecular flexibility index (Phi) is 5.40. The number of fused-ring (bicyclic) bond motifs is 1. The van der Waals surface area contributed by atoms with Gasteiger partial charge < -0.3 is 10.0 Å². The van der Waals surface area contributed by atoms with Crippen molar-refractivity contribution < 1.29 is 27.5 Å². The second-order valence-electron chi connectivity index (χ2n) is 6.40. The summed E-state index contributed by atoms with van der Waals surface area (Å²) >= 11 is 0.689. The van der Waals surface area contributed by atoms with E-state index in [1.165, 1.54) is 31.3 Å². The zero-order chi connectivity index (χ0) is 20.5. The average Bonchev–Trinajstić information content (AvgIpc) is 3.05. The Hall–Kier alpha value is -2.52. The van der Waals surface area contributed by atoms with E-state index in [0.29, 0.717) is 27.1 Å². The van der Waals surface area contributed by atoms with Crippen LogP contribution in [0.2, 0.25) is 0 Å². The first-order valence-electron chi connectivity index (χ1n) is 8.24. The second-order valence-corrected chi connectivity index (χ2v) is 7.43. The molecule has 3 aromatic rings. The molecule has 148 valence electrons. The Morgan fingerprint density at radius 3 is 2.54 bits per heavy atom. The Bertz CT molecular complexity index is 972. The molecule has 2 aromatic carbocycles. The molecule has 0 spiro atoms. The molecule has 0 aliphatic rings. The highest BCUT2D eigenvalue weighted by atomic mass is 32.1. The minimum Gasteiger partial charge on any atom is -0.374 e. The maximum atomic E-state index is 13.7. The van der Waals surface area contributed by atoms with Crippen LogP contribution in [0.1, 0.15) is 17.0 Å². The number of para-hydroxylation sites is 1. The predicted octanol–water partition coefficient (Wildman–Crippen LogP) is 4.23. The second kappa shape index (κ2) is 7.48. The van der Waals surface area contributed by atoms with Crippen molar-refractivity contribution in [2.24, 2.45) is 0 Å². The van der Waals surface area contributed by atoms with Crippen molar-refractivity contribution in [3.63, 3.8) is 0 Å². The first-order valence-corrected chi connectivity index (χ1v) is 9.05. The average molecular weight is 412 g/mol. The van der Waals surface area contributed by atoms with Crippen LogP contribution in [0.3, 0.4) is 0 Å². The van der Waals surface area contributed by atoms with Gasteiger partial charge in [0.25, 0.3) is 0 Å². The molecular weight excluding hydrogens is 396 g/mol. The third kappa shape index (κ3) is 4.00. The molecule has 0 aliphatic carbocycles. The molecule has 9 heteroatoms. The lowest BCUT2D eigenvalue weighted by atomic mass is 9.98. The molecule has 1 heterocycles. The molecule has 1 N–H and O–H groups in total. The number of hydrogen-bond donors (Lipinski definition) is 1. The molecule has 0 aliphatic heterocycles. The lowest BCUT2D eigenvalue weighted by molar-refractivity contribution is -0.268. The number of alkyl halides is 3. The Balaban J connectivity index is 1.86. The fourth-order valence-electron chi connectivity index (χ4n) is 2.70. The Labute approximate surface area is 162 Å². The van der Waals surface area contributed by atoms with Gasteiger partial charge in [0, 0.05) is 13.6 Å². The number of carbonyl (C=O) groups is 1. The van der Waals surface area contributed by atoms with Gasteiger partial charge in [0.05, 0.1) is 16.6 Å². The fraction of sp³-hybridized carbons (Fsp3) is 0.263. The number of amides is 1. The van der Waals surface area contributed by atoms with Gasteiger partial charge in [-0.3, -0.25) is 4.79 Å². The van der Waals surface area contributed by atoms with Crippen LogP contribution in [-0.4, -0.2) is 34.1 Å². The van der Waals surface area contributed by atoms with Gasteiger partial charge in [0.1, 0.15) is 10.8 Å². The summed E-state index contributed by atoms with van der Waals surface area (Å²) < 4.78 is 54.9. The van der Waals surface area contributed by atoms with Gasteiger partial charge in [-0.25, -0.2) is 9.37 Å². The van der Waals surface area contributed by atoms with Crippen LogP contribution < -0.4 is 0 Å². The summed E-state index contributed by atoms with van der Waals surface area (Å²) in [5.41, 5.74) is -2.68. The Morgan fingerprint density at radius 2 is 1.89 bits per heavy atom. The molecule has 0 saturated heterocycles. The fourth-order valence-corrected chi connectivity index (χ4v) is 3.77. The first-order chi connectivity index (χ1) is 13.1. The minimum absolute atomic E-state index is 0.0929. The van der Waals surface area contributed by atoms with E-state index < -0.39 is 34.9 Å². The lowest BCUT2D eigenvalue weighted by Gasteiger charge is -2.29. The highest BCUT2D eigenvalue weighted by Crippen LogP contribution is 2.44. The van der Waals surface area contributed by atoms with Gasteiger partial charge in [-0.2, -0.15) is 13.2 Å². The van der Waals surface area contributed by atoms with Crippen molar-refractivity contribution in [2.45, 2.75) is 24.7 Å². The van der Waals surface area contributed by atoms with E-state index in [1.807, 2.05) is 0 Å². The van der Waals surface area contributed by atoms with Gasteiger partial charge >= 0.3 is 6.18 Å². The van der Waals surface area contributed by atoms with Crippen LogP contribution >= 0.6 is 11.3 Å². The summed E-state index contributed by atoms with van der Waals surface area (Å²) in [7, 11) is 1.29. The van der Waals surface area contributed by atoms with E-state index in [2.05, 4.69) is 4.98 Å². The van der Waals surface area contributed by atoms with Gasteiger partial charge in [-0.05, 0) is 29.8 Å². The number of carbonyl (C=O) groups excluding carboxylic acids is 1. The van der Waals surface area contributed by atoms with E-state index in [4.69, 9.17) is 0 Å². The van der Waals surface area contributed by atoms with E-state index >= 15 is 0 Å². The van der Waals surface area contributed by atoms with Crippen molar-refractivity contribution in [3.05, 3.63) is 64.9 Å². The number of nitrogens with zero attached hydrogens (tertiary/aromatic N) is 2. The number of benzene rings is 2. The van der Waals surface area contributed by atoms with Gasteiger partial charge in [-0.15, -0.1) is 11.3 Å². The number of rotatable bonds is 5. The van der Waals surface area contributed by atoms with Crippen molar-refractivity contribution >= 4 is 27.5 Å². The smallest absolute Gasteiger partial charge is 0.374 e.